The number of nitrogens with one attached hydrogen (secondary N) is 2. The minimum atomic E-state index is 0.542. The van der Waals surface area contributed by atoms with Gasteiger partial charge in [0, 0.05) is 19.3 Å². The molecule has 0 bridgehead atoms. The number of hydrogen-bond acceptors (Lipinski definition) is 2. The van der Waals surface area contributed by atoms with Gasteiger partial charge in [-0.2, -0.15) is 5.10 Å². The van der Waals surface area contributed by atoms with Crippen LogP contribution in [0, 0.1) is 6.92 Å². The molecule has 0 saturated heterocycles. The highest BCUT2D eigenvalue weighted by molar-refractivity contribution is 7.80. The Bertz CT molecular complexity index is 393. The van der Waals surface area contributed by atoms with E-state index in [0.29, 0.717) is 11.2 Å². The van der Waals surface area contributed by atoms with Gasteiger partial charge in [-0.3, -0.25) is 4.68 Å². The minimum Gasteiger partial charge on any atom is -0.360 e. The van der Waals surface area contributed by atoms with Crippen molar-refractivity contribution in [3.8, 4) is 0 Å². The van der Waals surface area contributed by atoms with E-state index >= 15 is 0 Å². The predicted molar refractivity (Wildman–Crippen MR) is 74.2 cm³/mol. The number of rotatable bonds is 2. The van der Waals surface area contributed by atoms with Crippen molar-refractivity contribution < 1.29 is 0 Å². The highest BCUT2D eigenvalue weighted by atomic mass is 32.1. The average molecular weight is 252 g/mol. The molecule has 4 nitrogen and oxygen atoms in total. The third kappa shape index (κ3) is 3.43. The normalized spacial score (nSPS) is 16.8. The summed E-state index contributed by atoms with van der Waals surface area (Å²) in [6, 6.07) is 0.542. The number of nitrogens with zero attached hydrogens (tertiary/aromatic N) is 2. The first kappa shape index (κ1) is 12.4. The van der Waals surface area contributed by atoms with Crippen LogP contribution in [-0.2, 0) is 7.05 Å². The van der Waals surface area contributed by atoms with Crippen LogP contribution in [-0.4, -0.2) is 20.9 Å². The molecule has 1 saturated carbocycles. The Kier molecular flexibility index (Phi) is 3.99. The standard InChI is InChI=1S/C12H20N4S/c1-9-11(8-16(2)15-9)14-12(17)13-10-6-4-3-5-7-10/h8,10H,3-7H2,1-2H3,(H2,13,14,17). The van der Waals surface area contributed by atoms with Gasteiger partial charge in [-0.1, -0.05) is 19.3 Å². The van der Waals surface area contributed by atoms with E-state index in [-0.39, 0.29) is 0 Å². The predicted octanol–water partition coefficient (Wildman–Crippen LogP) is 2.35. The van der Waals surface area contributed by atoms with Crippen molar-refractivity contribution in [1.29, 1.82) is 0 Å². The van der Waals surface area contributed by atoms with Crippen molar-refractivity contribution in [3.05, 3.63) is 11.9 Å². The van der Waals surface area contributed by atoms with Crippen molar-refractivity contribution >= 4 is 23.0 Å². The fourth-order valence-electron chi connectivity index (χ4n) is 2.31. The molecule has 2 N–H and O–H groups in total. The maximum Gasteiger partial charge on any atom is 0.171 e. The zero-order chi connectivity index (χ0) is 12.3. The Morgan fingerprint density at radius 2 is 2.12 bits per heavy atom. The van der Waals surface area contributed by atoms with Gasteiger partial charge >= 0.3 is 0 Å². The molecule has 1 aromatic heterocycles. The second-order valence-corrected chi connectivity index (χ2v) is 5.14. The van der Waals surface area contributed by atoms with Gasteiger partial charge in [-0.15, -0.1) is 0 Å². The molecule has 17 heavy (non-hydrogen) atoms. The monoisotopic (exact) mass is 252 g/mol. The topological polar surface area (TPSA) is 41.9 Å². The second-order valence-electron chi connectivity index (χ2n) is 4.74. The molecule has 1 aromatic rings. The molecule has 94 valence electrons. The fraction of sp³-hybridized carbons (Fsp3) is 0.667. The zero-order valence-electron chi connectivity index (χ0n) is 10.5. The van der Waals surface area contributed by atoms with Crippen LogP contribution < -0.4 is 10.6 Å². The maximum atomic E-state index is 5.33. The van der Waals surface area contributed by atoms with Crippen molar-refractivity contribution in [3.63, 3.8) is 0 Å². The first-order chi connectivity index (χ1) is 8.15. The molecular weight excluding hydrogens is 232 g/mol. The van der Waals surface area contributed by atoms with Crippen LogP contribution in [0.4, 0.5) is 5.69 Å². The molecule has 5 heteroatoms. The van der Waals surface area contributed by atoms with Crippen molar-refractivity contribution in [2.24, 2.45) is 7.05 Å². The maximum absolute atomic E-state index is 5.33. The van der Waals surface area contributed by atoms with Gasteiger partial charge in [0.05, 0.1) is 11.4 Å². The molecule has 0 atom stereocenters. The number of hydrogen-bond donors (Lipinski definition) is 2. The molecule has 1 aliphatic carbocycles. The second kappa shape index (κ2) is 5.49. The Labute approximate surface area is 108 Å². The summed E-state index contributed by atoms with van der Waals surface area (Å²) in [5.74, 6) is 0. The van der Waals surface area contributed by atoms with E-state index < -0.39 is 0 Å². The summed E-state index contributed by atoms with van der Waals surface area (Å²) >= 11 is 5.33. The molecule has 1 aliphatic rings. The van der Waals surface area contributed by atoms with Gasteiger partial charge in [0.2, 0.25) is 0 Å². The molecule has 0 radical (unpaired) electrons. The van der Waals surface area contributed by atoms with Crippen LogP contribution in [0.3, 0.4) is 0 Å². The van der Waals surface area contributed by atoms with Crippen molar-refractivity contribution in [2.75, 3.05) is 5.32 Å². The zero-order valence-corrected chi connectivity index (χ0v) is 11.3. The summed E-state index contributed by atoms with van der Waals surface area (Å²) in [6.45, 7) is 1.98. The summed E-state index contributed by atoms with van der Waals surface area (Å²) in [4.78, 5) is 0. The molecule has 0 aliphatic heterocycles. The SMILES string of the molecule is Cc1nn(C)cc1NC(=S)NC1CCCCC1. The minimum absolute atomic E-state index is 0.542. The number of thiocarbonyl (C=S) groups is 1. The molecule has 0 amide bonds. The molecule has 2 rings (SSSR count). The number of aryl methyl sites for hydroxylation is 2. The van der Waals surface area contributed by atoms with Crippen LogP contribution in [0.2, 0.25) is 0 Å². The van der Waals surface area contributed by atoms with Gasteiger partial charge in [-0.25, -0.2) is 0 Å². The lowest BCUT2D eigenvalue weighted by atomic mass is 9.96. The molecular formula is C12H20N4S. The quantitative estimate of drug-likeness (QED) is 0.793. The lowest BCUT2D eigenvalue weighted by Crippen LogP contribution is -2.38. The van der Waals surface area contributed by atoms with Gasteiger partial charge in [-0.05, 0) is 32.0 Å². The molecule has 0 unspecified atom stereocenters. The Morgan fingerprint density at radius 1 is 1.41 bits per heavy atom. The highest BCUT2D eigenvalue weighted by Crippen LogP contribution is 2.18. The van der Waals surface area contributed by atoms with E-state index in [2.05, 4.69) is 15.7 Å². The molecule has 1 heterocycles. The fourth-order valence-corrected chi connectivity index (χ4v) is 2.59. The summed E-state index contributed by atoms with van der Waals surface area (Å²) in [5.41, 5.74) is 1.96. The molecule has 0 spiro atoms. The van der Waals surface area contributed by atoms with Crippen molar-refractivity contribution in [2.45, 2.75) is 45.1 Å². The van der Waals surface area contributed by atoms with Crippen LogP contribution >= 0.6 is 12.2 Å². The van der Waals surface area contributed by atoms with E-state index in [9.17, 15) is 0 Å². The Morgan fingerprint density at radius 3 is 2.71 bits per heavy atom. The number of aromatic nitrogens is 2. The van der Waals surface area contributed by atoms with Crippen LogP contribution in [0.15, 0.2) is 6.20 Å². The summed E-state index contributed by atoms with van der Waals surface area (Å²) in [7, 11) is 1.91. The Hall–Kier alpha value is -1.10. The summed E-state index contributed by atoms with van der Waals surface area (Å²) in [6.07, 6.45) is 8.39. The van der Waals surface area contributed by atoms with Gasteiger partial charge < -0.3 is 10.6 Å². The van der Waals surface area contributed by atoms with Crippen LogP contribution in [0.5, 0.6) is 0 Å². The average Bonchev–Trinajstić information content (AvgIpc) is 2.58. The summed E-state index contributed by atoms with van der Waals surface area (Å²) < 4.78 is 1.79. The van der Waals surface area contributed by atoms with Gasteiger partial charge in [0.1, 0.15) is 0 Å². The highest BCUT2D eigenvalue weighted by Gasteiger charge is 2.14. The van der Waals surface area contributed by atoms with E-state index in [4.69, 9.17) is 12.2 Å². The van der Waals surface area contributed by atoms with Gasteiger partial charge in [0.25, 0.3) is 0 Å². The number of anilines is 1. The first-order valence-electron chi connectivity index (χ1n) is 6.23. The summed E-state index contributed by atoms with van der Waals surface area (Å²) in [5, 5.41) is 11.6. The smallest absolute Gasteiger partial charge is 0.171 e. The van der Waals surface area contributed by atoms with E-state index in [1.807, 2.05) is 20.2 Å². The van der Waals surface area contributed by atoms with Crippen molar-refractivity contribution in [1.82, 2.24) is 15.1 Å². The molecule has 0 aromatic carbocycles. The largest absolute Gasteiger partial charge is 0.360 e. The molecule has 1 fully saturated rings. The first-order valence-corrected chi connectivity index (χ1v) is 6.64. The van der Waals surface area contributed by atoms with Crippen LogP contribution in [0.1, 0.15) is 37.8 Å². The van der Waals surface area contributed by atoms with Crippen LogP contribution in [0.25, 0.3) is 0 Å². The van der Waals surface area contributed by atoms with E-state index in [1.54, 1.807) is 4.68 Å². The lowest BCUT2D eigenvalue weighted by molar-refractivity contribution is 0.415. The van der Waals surface area contributed by atoms with E-state index in [0.717, 1.165) is 11.4 Å². The van der Waals surface area contributed by atoms with Gasteiger partial charge in [0.15, 0.2) is 5.11 Å². The van der Waals surface area contributed by atoms with E-state index in [1.165, 1.54) is 32.1 Å². The Balaban J connectivity index is 1.86. The lowest BCUT2D eigenvalue weighted by Gasteiger charge is -2.24. The third-order valence-corrected chi connectivity index (χ3v) is 3.42. The third-order valence-electron chi connectivity index (χ3n) is 3.20.